The lowest BCUT2D eigenvalue weighted by molar-refractivity contribution is 0.101. The molecule has 0 atom stereocenters. The molecular weight excluding hydrogens is 236 g/mol. The Kier molecular flexibility index (Phi) is 6.89. The number of hydrogen-bond acceptors (Lipinski definition) is 4. The molecule has 1 aromatic rings. The third-order valence-electron chi connectivity index (χ3n) is 2.27. The van der Waals surface area contributed by atoms with Crippen LogP contribution in [0.2, 0.25) is 0 Å². The predicted molar refractivity (Wildman–Crippen MR) is 69.2 cm³/mol. The average molecular weight is 256 g/mol. The van der Waals surface area contributed by atoms with E-state index in [4.69, 9.17) is 4.74 Å². The highest BCUT2D eigenvalue weighted by atomic mass is 16.5. The lowest BCUT2D eigenvalue weighted by atomic mass is 10.2. The maximum Gasteiger partial charge on any atom is 0.330 e. The van der Waals surface area contributed by atoms with E-state index in [0.29, 0.717) is 13.2 Å². The minimum Gasteiger partial charge on any atom is -0.383 e. The van der Waals surface area contributed by atoms with Crippen molar-refractivity contribution in [2.75, 3.05) is 13.7 Å². The second-order valence-electron chi connectivity index (χ2n) is 3.43. The average Bonchev–Trinajstić information content (AvgIpc) is 2.37. The highest BCUT2D eigenvalue weighted by molar-refractivity contribution is 5.93. The van der Waals surface area contributed by atoms with Crippen LogP contribution in [0.15, 0.2) is 15.8 Å². The zero-order valence-electron chi connectivity index (χ0n) is 11.5. The van der Waals surface area contributed by atoms with E-state index in [0.717, 1.165) is 4.57 Å². The Bertz CT molecular complexity index is 514. The van der Waals surface area contributed by atoms with Gasteiger partial charge in [-0.1, -0.05) is 13.8 Å². The van der Waals surface area contributed by atoms with Gasteiger partial charge in [0.15, 0.2) is 5.78 Å². The largest absolute Gasteiger partial charge is 0.383 e. The number of carbonyl (C=O) groups is 1. The van der Waals surface area contributed by atoms with Gasteiger partial charge < -0.3 is 4.74 Å². The Morgan fingerprint density at radius 2 is 1.89 bits per heavy atom. The van der Waals surface area contributed by atoms with E-state index in [9.17, 15) is 14.4 Å². The summed E-state index contributed by atoms with van der Waals surface area (Å²) in [5.74, 6) is -0.355. The van der Waals surface area contributed by atoms with E-state index in [1.54, 1.807) is 0 Å². The van der Waals surface area contributed by atoms with Gasteiger partial charge in [0.25, 0.3) is 5.56 Å². The summed E-state index contributed by atoms with van der Waals surface area (Å²) >= 11 is 0. The molecule has 0 amide bonds. The first kappa shape index (κ1) is 16.3. The zero-order valence-corrected chi connectivity index (χ0v) is 11.5. The number of carbonyl (C=O) groups excluding carboxylic acids is 1. The monoisotopic (exact) mass is 256 g/mol. The quantitative estimate of drug-likeness (QED) is 0.732. The van der Waals surface area contributed by atoms with Crippen LogP contribution in [0.1, 0.15) is 31.1 Å². The summed E-state index contributed by atoms with van der Waals surface area (Å²) in [5, 5.41) is 0. The zero-order chi connectivity index (χ0) is 14.3. The van der Waals surface area contributed by atoms with E-state index in [-0.39, 0.29) is 11.3 Å². The Balaban J connectivity index is 0.00000137. The standard InChI is InChI=1S/C10H14N2O4.C2H6/c1-7(13)8-6-12(4-5-16-3)10(15)11(2)9(8)14;1-2/h6H,4-5H2,1-3H3;1-2H3. The highest BCUT2D eigenvalue weighted by Crippen LogP contribution is 1.91. The molecule has 0 N–H and O–H groups in total. The summed E-state index contributed by atoms with van der Waals surface area (Å²) in [4.78, 5) is 34.4. The van der Waals surface area contributed by atoms with E-state index < -0.39 is 11.2 Å². The molecule has 0 aliphatic heterocycles. The van der Waals surface area contributed by atoms with Crippen molar-refractivity contribution in [1.82, 2.24) is 9.13 Å². The van der Waals surface area contributed by atoms with Gasteiger partial charge in [-0.3, -0.25) is 18.7 Å². The summed E-state index contributed by atoms with van der Waals surface area (Å²) in [6.07, 6.45) is 1.28. The van der Waals surface area contributed by atoms with Crippen LogP contribution in [0.5, 0.6) is 0 Å². The number of rotatable bonds is 4. The van der Waals surface area contributed by atoms with Crippen molar-refractivity contribution >= 4 is 5.78 Å². The van der Waals surface area contributed by atoms with Crippen molar-refractivity contribution in [3.63, 3.8) is 0 Å². The van der Waals surface area contributed by atoms with Gasteiger partial charge >= 0.3 is 5.69 Å². The predicted octanol–water partition coefficient (Wildman–Crippen LogP) is 0.422. The fraction of sp³-hybridized carbons (Fsp3) is 0.583. The third-order valence-corrected chi connectivity index (χ3v) is 2.27. The maximum absolute atomic E-state index is 11.6. The molecule has 0 saturated carbocycles. The van der Waals surface area contributed by atoms with Gasteiger partial charge in [0.05, 0.1) is 18.7 Å². The SMILES string of the molecule is CC.COCCn1cc(C(C)=O)c(=O)n(C)c1=O. The van der Waals surface area contributed by atoms with Gasteiger partial charge in [0, 0.05) is 20.4 Å². The van der Waals surface area contributed by atoms with Gasteiger partial charge in [0.1, 0.15) is 0 Å². The number of ketones is 1. The molecule has 0 radical (unpaired) electrons. The van der Waals surface area contributed by atoms with Crippen LogP contribution >= 0.6 is 0 Å². The summed E-state index contributed by atoms with van der Waals surface area (Å²) in [7, 11) is 2.86. The molecule has 102 valence electrons. The fourth-order valence-corrected chi connectivity index (χ4v) is 1.32. The Labute approximate surface area is 106 Å². The van der Waals surface area contributed by atoms with Crippen LogP contribution in [0.4, 0.5) is 0 Å². The lowest BCUT2D eigenvalue weighted by Gasteiger charge is -2.08. The smallest absolute Gasteiger partial charge is 0.330 e. The number of hydrogen-bond donors (Lipinski definition) is 0. The Morgan fingerprint density at radius 1 is 1.33 bits per heavy atom. The van der Waals surface area contributed by atoms with Gasteiger partial charge in [-0.2, -0.15) is 0 Å². The van der Waals surface area contributed by atoms with Crippen LogP contribution < -0.4 is 11.2 Å². The molecule has 6 nitrogen and oxygen atoms in total. The molecule has 0 spiro atoms. The molecule has 0 saturated heterocycles. The van der Waals surface area contributed by atoms with E-state index in [1.165, 1.54) is 31.8 Å². The number of aromatic nitrogens is 2. The molecule has 1 heterocycles. The molecule has 0 aliphatic carbocycles. The van der Waals surface area contributed by atoms with Gasteiger partial charge in [-0.05, 0) is 6.92 Å². The summed E-state index contributed by atoms with van der Waals surface area (Å²) in [6, 6.07) is 0. The van der Waals surface area contributed by atoms with Crippen molar-refractivity contribution in [2.24, 2.45) is 7.05 Å². The van der Waals surface area contributed by atoms with Crippen molar-refractivity contribution in [3.05, 3.63) is 32.6 Å². The number of ether oxygens (including phenoxy) is 1. The van der Waals surface area contributed by atoms with Crippen molar-refractivity contribution in [3.8, 4) is 0 Å². The molecule has 18 heavy (non-hydrogen) atoms. The fourth-order valence-electron chi connectivity index (χ4n) is 1.32. The Hall–Kier alpha value is -1.69. The van der Waals surface area contributed by atoms with Gasteiger partial charge in [-0.25, -0.2) is 4.79 Å². The number of nitrogens with zero attached hydrogens (tertiary/aromatic N) is 2. The molecular formula is C12H20N2O4. The maximum atomic E-state index is 11.6. The first-order chi connectivity index (χ1) is 8.49. The first-order valence-corrected chi connectivity index (χ1v) is 5.79. The topological polar surface area (TPSA) is 70.3 Å². The summed E-state index contributed by atoms with van der Waals surface area (Å²) in [6.45, 7) is 5.95. The Morgan fingerprint density at radius 3 is 2.33 bits per heavy atom. The second kappa shape index (κ2) is 7.60. The van der Waals surface area contributed by atoms with Crippen LogP contribution in [0.25, 0.3) is 0 Å². The van der Waals surface area contributed by atoms with Crippen LogP contribution in [-0.2, 0) is 18.3 Å². The second-order valence-corrected chi connectivity index (χ2v) is 3.43. The lowest BCUT2D eigenvalue weighted by Crippen LogP contribution is -2.40. The van der Waals surface area contributed by atoms with Crippen molar-refractivity contribution in [2.45, 2.75) is 27.3 Å². The van der Waals surface area contributed by atoms with Crippen LogP contribution in [0, 0.1) is 0 Å². The van der Waals surface area contributed by atoms with Crippen molar-refractivity contribution in [1.29, 1.82) is 0 Å². The normalized spacial score (nSPS) is 9.61. The molecule has 0 bridgehead atoms. The summed E-state index contributed by atoms with van der Waals surface area (Å²) < 4.78 is 7.06. The molecule has 1 rings (SSSR count). The number of methoxy groups -OCH3 is 1. The number of Topliss-reactive ketones (excluding diaryl/α,β-unsaturated/α-hetero) is 1. The first-order valence-electron chi connectivity index (χ1n) is 5.79. The van der Waals surface area contributed by atoms with E-state index >= 15 is 0 Å². The van der Waals surface area contributed by atoms with E-state index in [2.05, 4.69) is 0 Å². The molecule has 0 fully saturated rings. The van der Waals surface area contributed by atoms with Crippen LogP contribution in [0.3, 0.4) is 0 Å². The van der Waals surface area contributed by atoms with Crippen LogP contribution in [-0.4, -0.2) is 28.6 Å². The van der Waals surface area contributed by atoms with Gasteiger partial charge in [-0.15, -0.1) is 0 Å². The minimum atomic E-state index is -0.564. The molecule has 0 aliphatic rings. The molecule has 0 aromatic carbocycles. The molecule has 1 aromatic heterocycles. The summed E-state index contributed by atoms with van der Waals surface area (Å²) in [5.41, 5.74) is -1.00. The highest BCUT2D eigenvalue weighted by Gasteiger charge is 2.11. The minimum absolute atomic E-state index is 0.0122. The third kappa shape index (κ3) is 3.66. The molecule has 6 heteroatoms. The van der Waals surface area contributed by atoms with Gasteiger partial charge in [0.2, 0.25) is 0 Å². The van der Waals surface area contributed by atoms with Crippen molar-refractivity contribution < 1.29 is 9.53 Å². The molecule has 0 unspecified atom stereocenters. The van der Waals surface area contributed by atoms with E-state index in [1.807, 2.05) is 13.8 Å².